The molecule has 120 valence electrons. The lowest BCUT2D eigenvalue weighted by molar-refractivity contribution is -0.125. The van der Waals surface area contributed by atoms with E-state index in [2.05, 4.69) is 5.32 Å². The number of benzene rings is 1. The molecule has 0 atom stereocenters. The Morgan fingerprint density at radius 2 is 2.09 bits per heavy atom. The third-order valence-electron chi connectivity index (χ3n) is 3.53. The lowest BCUT2D eigenvalue weighted by Crippen LogP contribution is -2.32. The smallest absolute Gasteiger partial charge is 0.246 e. The van der Waals surface area contributed by atoms with Crippen molar-refractivity contribution in [2.24, 2.45) is 0 Å². The lowest BCUT2D eigenvalue weighted by atomic mass is 10.2. The third-order valence-corrected chi connectivity index (χ3v) is 3.81. The van der Waals surface area contributed by atoms with Crippen LogP contribution in [0.1, 0.15) is 12.0 Å². The summed E-state index contributed by atoms with van der Waals surface area (Å²) in [7, 11) is 3.09. The molecule has 1 aromatic carbocycles. The zero-order valence-corrected chi connectivity index (χ0v) is 13.7. The van der Waals surface area contributed by atoms with E-state index in [1.807, 2.05) is 4.90 Å². The highest BCUT2D eigenvalue weighted by Crippen LogP contribution is 2.36. The normalized spacial score (nSPS) is 15.7. The minimum atomic E-state index is 0.00890. The Balaban J connectivity index is 2.12. The first-order chi connectivity index (χ1) is 10.7. The fraction of sp³-hybridized carbons (Fsp3) is 0.438. The molecule has 1 fully saturated rings. The van der Waals surface area contributed by atoms with Crippen LogP contribution in [0.25, 0.3) is 6.08 Å². The maximum Gasteiger partial charge on any atom is 0.246 e. The van der Waals surface area contributed by atoms with Crippen molar-refractivity contribution in [2.45, 2.75) is 6.42 Å². The van der Waals surface area contributed by atoms with Gasteiger partial charge in [-0.05, 0) is 36.7 Å². The Hall–Kier alpha value is -1.72. The van der Waals surface area contributed by atoms with Crippen LogP contribution in [0.15, 0.2) is 18.2 Å². The Morgan fingerprint density at radius 3 is 2.82 bits per heavy atom. The van der Waals surface area contributed by atoms with Crippen molar-refractivity contribution in [1.82, 2.24) is 10.2 Å². The van der Waals surface area contributed by atoms with E-state index in [4.69, 9.17) is 21.1 Å². The standard InChI is InChI=1S/C16H21ClN2O3/c1-21-14-11-12(10-13(17)16(14)22-2)4-5-15(20)19-8-3-6-18-7-9-19/h4-5,10-11,18H,3,6-9H2,1-2H3. The Labute approximate surface area is 135 Å². The second kappa shape index (κ2) is 8.06. The van der Waals surface area contributed by atoms with Crippen molar-refractivity contribution in [2.75, 3.05) is 40.4 Å². The van der Waals surface area contributed by atoms with Crippen LogP contribution in [0, 0.1) is 0 Å². The third kappa shape index (κ3) is 4.15. The molecule has 0 aliphatic carbocycles. The van der Waals surface area contributed by atoms with Crippen LogP contribution in [-0.2, 0) is 4.79 Å². The maximum atomic E-state index is 12.2. The van der Waals surface area contributed by atoms with Crippen molar-refractivity contribution < 1.29 is 14.3 Å². The van der Waals surface area contributed by atoms with Crippen molar-refractivity contribution in [1.29, 1.82) is 0 Å². The fourth-order valence-corrected chi connectivity index (χ4v) is 2.67. The summed E-state index contributed by atoms with van der Waals surface area (Å²) in [4.78, 5) is 14.1. The van der Waals surface area contributed by atoms with E-state index in [1.54, 1.807) is 31.4 Å². The average molecular weight is 325 g/mol. The number of carbonyl (C=O) groups excluding carboxylic acids is 1. The van der Waals surface area contributed by atoms with E-state index in [-0.39, 0.29) is 5.91 Å². The molecule has 2 rings (SSSR count). The van der Waals surface area contributed by atoms with Gasteiger partial charge in [-0.1, -0.05) is 11.6 Å². The molecule has 1 amide bonds. The molecular formula is C16H21ClN2O3. The minimum absolute atomic E-state index is 0.00890. The van der Waals surface area contributed by atoms with Gasteiger partial charge in [0.15, 0.2) is 11.5 Å². The summed E-state index contributed by atoms with van der Waals surface area (Å²) < 4.78 is 10.4. The van der Waals surface area contributed by atoms with Crippen LogP contribution in [0.5, 0.6) is 11.5 Å². The molecule has 1 aliphatic heterocycles. The molecule has 1 heterocycles. The molecule has 0 aromatic heterocycles. The second-order valence-electron chi connectivity index (χ2n) is 5.00. The molecule has 1 aliphatic rings. The number of amides is 1. The molecule has 1 aromatic rings. The molecule has 0 bridgehead atoms. The predicted molar refractivity (Wildman–Crippen MR) is 87.7 cm³/mol. The SMILES string of the molecule is COc1cc(C=CC(=O)N2CCCNCC2)cc(Cl)c1OC. The molecule has 0 spiro atoms. The Bertz CT molecular complexity index is 553. The highest BCUT2D eigenvalue weighted by atomic mass is 35.5. The zero-order valence-electron chi connectivity index (χ0n) is 12.9. The van der Waals surface area contributed by atoms with Crippen LogP contribution in [-0.4, -0.2) is 51.2 Å². The number of hydrogen-bond acceptors (Lipinski definition) is 4. The summed E-state index contributed by atoms with van der Waals surface area (Å²) in [5.41, 5.74) is 0.795. The number of carbonyl (C=O) groups is 1. The molecule has 0 saturated carbocycles. The zero-order chi connectivity index (χ0) is 15.9. The van der Waals surface area contributed by atoms with E-state index in [0.717, 1.165) is 38.2 Å². The van der Waals surface area contributed by atoms with Gasteiger partial charge in [0.05, 0.1) is 19.2 Å². The molecule has 1 N–H and O–H groups in total. The van der Waals surface area contributed by atoms with Gasteiger partial charge in [0.25, 0.3) is 0 Å². The van der Waals surface area contributed by atoms with Crippen LogP contribution in [0.2, 0.25) is 5.02 Å². The van der Waals surface area contributed by atoms with Gasteiger partial charge in [-0.25, -0.2) is 0 Å². The van der Waals surface area contributed by atoms with Gasteiger partial charge in [0, 0.05) is 25.7 Å². The number of methoxy groups -OCH3 is 2. The van der Waals surface area contributed by atoms with Crippen molar-refractivity contribution >= 4 is 23.6 Å². The highest BCUT2D eigenvalue weighted by molar-refractivity contribution is 6.32. The number of rotatable bonds is 4. The minimum Gasteiger partial charge on any atom is -0.493 e. The molecular weight excluding hydrogens is 304 g/mol. The molecule has 0 radical (unpaired) electrons. The number of nitrogens with zero attached hydrogens (tertiary/aromatic N) is 1. The molecule has 1 saturated heterocycles. The first-order valence-electron chi connectivity index (χ1n) is 7.25. The number of halogens is 1. The average Bonchev–Trinajstić information content (AvgIpc) is 2.81. The van der Waals surface area contributed by atoms with Crippen LogP contribution in [0.3, 0.4) is 0 Å². The quantitative estimate of drug-likeness (QED) is 0.863. The van der Waals surface area contributed by atoms with Crippen molar-refractivity contribution in [3.63, 3.8) is 0 Å². The summed E-state index contributed by atoms with van der Waals surface area (Å²) in [6, 6.07) is 3.54. The van der Waals surface area contributed by atoms with E-state index in [9.17, 15) is 4.79 Å². The van der Waals surface area contributed by atoms with Gasteiger partial charge in [-0.2, -0.15) is 0 Å². The fourth-order valence-electron chi connectivity index (χ4n) is 2.37. The van der Waals surface area contributed by atoms with E-state index < -0.39 is 0 Å². The topological polar surface area (TPSA) is 50.8 Å². The lowest BCUT2D eigenvalue weighted by Gasteiger charge is -2.17. The second-order valence-corrected chi connectivity index (χ2v) is 5.41. The molecule has 6 heteroatoms. The van der Waals surface area contributed by atoms with Crippen LogP contribution in [0.4, 0.5) is 0 Å². The summed E-state index contributed by atoms with van der Waals surface area (Å²) in [6.07, 6.45) is 4.29. The van der Waals surface area contributed by atoms with Gasteiger partial charge >= 0.3 is 0 Å². The number of ether oxygens (including phenoxy) is 2. The van der Waals surface area contributed by atoms with Gasteiger partial charge in [0.1, 0.15) is 0 Å². The summed E-state index contributed by atoms with van der Waals surface area (Å²) in [5.74, 6) is 1.04. The van der Waals surface area contributed by atoms with Crippen LogP contribution < -0.4 is 14.8 Å². The first kappa shape index (κ1) is 16.6. The summed E-state index contributed by atoms with van der Waals surface area (Å²) in [5, 5.41) is 3.73. The Morgan fingerprint density at radius 1 is 1.27 bits per heavy atom. The number of nitrogens with one attached hydrogen (secondary N) is 1. The Kier molecular flexibility index (Phi) is 6.10. The first-order valence-corrected chi connectivity index (χ1v) is 7.62. The number of hydrogen-bond donors (Lipinski definition) is 1. The van der Waals surface area contributed by atoms with Gasteiger partial charge in [0.2, 0.25) is 5.91 Å². The summed E-state index contributed by atoms with van der Waals surface area (Å²) >= 11 is 6.16. The molecule has 5 nitrogen and oxygen atoms in total. The molecule has 0 unspecified atom stereocenters. The van der Waals surface area contributed by atoms with E-state index in [1.165, 1.54) is 7.11 Å². The van der Waals surface area contributed by atoms with Crippen molar-refractivity contribution in [3.05, 3.63) is 28.8 Å². The monoisotopic (exact) mass is 324 g/mol. The van der Waals surface area contributed by atoms with Gasteiger partial charge in [-0.15, -0.1) is 0 Å². The predicted octanol–water partition coefficient (Wildman–Crippen LogP) is 2.19. The van der Waals surface area contributed by atoms with Gasteiger partial charge < -0.3 is 19.7 Å². The van der Waals surface area contributed by atoms with Gasteiger partial charge in [-0.3, -0.25) is 4.79 Å². The largest absolute Gasteiger partial charge is 0.493 e. The summed E-state index contributed by atoms with van der Waals surface area (Å²) in [6.45, 7) is 3.30. The van der Waals surface area contributed by atoms with E-state index in [0.29, 0.717) is 16.5 Å². The highest BCUT2D eigenvalue weighted by Gasteiger charge is 2.13. The van der Waals surface area contributed by atoms with Crippen molar-refractivity contribution in [3.8, 4) is 11.5 Å². The van der Waals surface area contributed by atoms with Crippen LogP contribution >= 0.6 is 11.6 Å². The van der Waals surface area contributed by atoms with E-state index >= 15 is 0 Å². The maximum absolute atomic E-state index is 12.2. The molecule has 22 heavy (non-hydrogen) atoms.